The molecule has 96 valence electrons. The van der Waals surface area contributed by atoms with Crippen LogP contribution >= 0.6 is 0 Å². The monoisotopic (exact) mass is 253 g/mol. The standard InChI is InChI=1S/C15H15N3O/c1-12(11-19-14-7-3-2-4-8-14)18-15-13(10-16)6-5-9-17-15/h2-9,12H,11H2,1H3,(H,17,18)/t12-/m1/s1. The number of anilines is 1. The second-order valence-electron chi connectivity index (χ2n) is 4.18. The summed E-state index contributed by atoms with van der Waals surface area (Å²) in [7, 11) is 0. The largest absolute Gasteiger partial charge is 0.491 e. The van der Waals surface area contributed by atoms with Crippen LogP contribution in [0.3, 0.4) is 0 Å². The quantitative estimate of drug-likeness (QED) is 0.890. The van der Waals surface area contributed by atoms with Gasteiger partial charge >= 0.3 is 0 Å². The van der Waals surface area contributed by atoms with Crippen LogP contribution in [0, 0.1) is 11.3 Å². The van der Waals surface area contributed by atoms with Gasteiger partial charge in [0.1, 0.15) is 24.2 Å². The predicted octanol–water partition coefficient (Wildman–Crippen LogP) is 2.83. The highest BCUT2D eigenvalue weighted by molar-refractivity contribution is 5.51. The Bertz CT molecular complexity index is 563. The van der Waals surface area contributed by atoms with Crippen molar-refractivity contribution in [2.45, 2.75) is 13.0 Å². The van der Waals surface area contributed by atoms with Gasteiger partial charge < -0.3 is 10.1 Å². The zero-order valence-electron chi connectivity index (χ0n) is 10.7. The number of aromatic nitrogens is 1. The molecule has 0 radical (unpaired) electrons. The smallest absolute Gasteiger partial charge is 0.144 e. The van der Waals surface area contributed by atoms with Crippen molar-refractivity contribution in [1.82, 2.24) is 4.98 Å². The molecule has 0 unspecified atom stereocenters. The van der Waals surface area contributed by atoms with Gasteiger partial charge in [-0.15, -0.1) is 0 Å². The van der Waals surface area contributed by atoms with E-state index in [1.54, 1.807) is 18.3 Å². The number of pyridine rings is 1. The summed E-state index contributed by atoms with van der Waals surface area (Å²) in [6.45, 7) is 2.49. The third kappa shape index (κ3) is 3.71. The zero-order chi connectivity index (χ0) is 13.5. The summed E-state index contributed by atoms with van der Waals surface area (Å²) in [5, 5.41) is 12.2. The Morgan fingerprint density at radius 3 is 2.79 bits per heavy atom. The summed E-state index contributed by atoms with van der Waals surface area (Å²) < 4.78 is 5.64. The van der Waals surface area contributed by atoms with Crippen LogP contribution in [0.25, 0.3) is 0 Å². The fraction of sp³-hybridized carbons (Fsp3) is 0.200. The van der Waals surface area contributed by atoms with Crippen molar-refractivity contribution in [3.63, 3.8) is 0 Å². The van der Waals surface area contributed by atoms with Crippen LogP contribution in [0.1, 0.15) is 12.5 Å². The first kappa shape index (κ1) is 12.9. The third-order valence-corrected chi connectivity index (χ3v) is 2.55. The molecule has 0 bridgehead atoms. The van der Waals surface area contributed by atoms with Gasteiger partial charge in [0.2, 0.25) is 0 Å². The zero-order valence-corrected chi connectivity index (χ0v) is 10.7. The van der Waals surface area contributed by atoms with Crippen molar-refractivity contribution in [2.75, 3.05) is 11.9 Å². The molecule has 1 heterocycles. The van der Waals surface area contributed by atoms with E-state index < -0.39 is 0 Å². The number of nitrogens with one attached hydrogen (secondary N) is 1. The van der Waals surface area contributed by atoms with Gasteiger partial charge in [0, 0.05) is 6.20 Å². The second kappa shape index (κ2) is 6.41. The molecule has 4 heteroatoms. The summed E-state index contributed by atoms with van der Waals surface area (Å²) >= 11 is 0. The Morgan fingerprint density at radius 1 is 1.26 bits per heavy atom. The van der Waals surface area contributed by atoms with Gasteiger partial charge in [0.15, 0.2) is 0 Å². The molecule has 0 aliphatic carbocycles. The fourth-order valence-electron chi connectivity index (χ4n) is 1.62. The van der Waals surface area contributed by atoms with Gasteiger partial charge in [-0.3, -0.25) is 0 Å². The van der Waals surface area contributed by atoms with Crippen LogP contribution in [0.15, 0.2) is 48.7 Å². The number of benzene rings is 1. The average Bonchev–Trinajstić information content (AvgIpc) is 2.47. The van der Waals surface area contributed by atoms with Crippen LogP contribution in [0.5, 0.6) is 5.75 Å². The lowest BCUT2D eigenvalue weighted by Crippen LogP contribution is -2.24. The topological polar surface area (TPSA) is 57.9 Å². The van der Waals surface area contributed by atoms with Crippen molar-refractivity contribution in [1.29, 1.82) is 5.26 Å². The van der Waals surface area contributed by atoms with E-state index in [4.69, 9.17) is 10.00 Å². The lowest BCUT2D eigenvalue weighted by Gasteiger charge is -2.16. The van der Waals surface area contributed by atoms with Crippen molar-refractivity contribution >= 4 is 5.82 Å². The highest BCUT2D eigenvalue weighted by atomic mass is 16.5. The molecule has 1 aromatic heterocycles. The number of nitriles is 1. The minimum absolute atomic E-state index is 0.0576. The van der Waals surface area contributed by atoms with E-state index >= 15 is 0 Å². The highest BCUT2D eigenvalue weighted by Gasteiger charge is 2.07. The summed E-state index contributed by atoms with van der Waals surface area (Å²) in [4.78, 5) is 4.16. The van der Waals surface area contributed by atoms with Crippen LogP contribution in [0.2, 0.25) is 0 Å². The first-order valence-electron chi connectivity index (χ1n) is 6.09. The Hall–Kier alpha value is -2.54. The van der Waals surface area contributed by atoms with Gasteiger partial charge in [0.25, 0.3) is 0 Å². The van der Waals surface area contributed by atoms with Crippen LogP contribution < -0.4 is 10.1 Å². The van der Waals surface area contributed by atoms with Gasteiger partial charge in [0.05, 0.1) is 11.6 Å². The minimum Gasteiger partial charge on any atom is -0.491 e. The van der Waals surface area contributed by atoms with Crippen molar-refractivity contribution in [2.24, 2.45) is 0 Å². The predicted molar refractivity (Wildman–Crippen MR) is 74.0 cm³/mol. The number of hydrogen-bond acceptors (Lipinski definition) is 4. The van der Waals surface area contributed by atoms with Crippen LogP contribution in [0.4, 0.5) is 5.82 Å². The Morgan fingerprint density at radius 2 is 2.05 bits per heavy atom. The van der Waals surface area contributed by atoms with Crippen molar-refractivity contribution in [3.05, 3.63) is 54.2 Å². The summed E-state index contributed by atoms with van der Waals surface area (Å²) in [5.74, 6) is 1.42. The molecule has 2 aromatic rings. The number of nitrogens with zero attached hydrogens (tertiary/aromatic N) is 2. The second-order valence-corrected chi connectivity index (χ2v) is 4.18. The summed E-state index contributed by atoms with van der Waals surface area (Å²) in [6.07, 6.45) is 1.66. The third-order valence-electron chi connectivity index (χ3n) is 2.55. The minimum atomic E-state index is 0.0576. The molecule has 1 N–H and O–H groups in total. The van der Waals surface area contributed by atoms with Crippen molar-refractivity contribution < 1.29 is 4.74 Å². The van der Waals surface area contributed by atoms with E-state index in [0.717, 1.165) is 5.75 Å². The molecule has 0 saturated heterocycles. The molecule has 0 aliphatic heterocycles. The van der Waals surface area contributed by atoms with E-state index in [-0.39, 0.29) is 6.04 Å². The summed E-state index contributed by atoms with van der Waals surface area (Å²) in [5.41, 5.74) is 0.536. The van der Waals surface area contributed by atoms with E-state index in [2.05, 4.69) is 16.4 Å². The molecule has 4 nitrogen and oxygen atoms in total. The Labute approximate surface area is 112 Å². The maximum absolute atomic E-state index is 8.98. The maximum Gasteiger partial charge on any atom is 0.144 e. The molecule has 1 atom stereocenters. The molecule has 0 aliphatic rings. The molecular weight excluding hydrogens is 238 g/mol. The number of hydrogen-bond donors (Lipinski definition) is 1. The molecular formula is C15H15N3O. The number of para-hydroxylation sites is 1. The van der Waals surface area contributed by atoms with Gasteiger partial charge in [-0.2, -0.15) is 5.26 Å². The van der Waals surface area contributed by atoms with Crippen molar-refractivity contribution in [3.8, 4) is 11.8 Å². The molecule has 1 aromatic carbocycles. The normalized spacial score (nSPS) is 11.4. The van der Waals surface area contributed by atoms with E-state index in [0.29, 0.717) is 18.0 Å². The highest BCUT2D eigenvalue weighted by Crippen LogP contribution is 2.12. The summed E-state index contributed by atoms with van der Waals surface area (Å²) in [6, 6.07) is 15.3. The molecule has 0 spiro atoms. The molecule has 2 rings (SSSR count). The first-order chi connectivity index (χ1) is 9.29. The van der Waals surface area contributed by atoms with Crippen LogP contribution in [-0.4, -0.2) is 17.6 Å². The van der Waals surface area contributed by atoms with Gasteiger partial charge in [-0.05, 0) is 31.2 Å². The van der Waals surface area contributed by atoms with E-state index in [1.807, 2.05) is 37.3 Å². The van der Waals surface area contributed by atoms with E-state index in [1.165, 1.54) is 0 Å². The van der Waals surface area contributed by atoms with Gasteiger partial charge in [-0.1, -0.05) is 18.2 Å². The molecule has 0 fully saturated rings. The number of ether oxygens (including phenoxy) is 1. The number of rotatable bonds is 5. The Kier molecular flexibility index (Phi) is 4.35. The van der Waals surface area contributed by atoms with Crippen LogP contribution in [-0.2, 0) is 0 Å². The van der Waals surface area contributed by atoms with Gasteiger partial charge in [-0.25, -0.2) is 4.98 Å². The lowest BCUT2D eigenvalue weighted by atomic mass is 10.2. The lowest BCUT2D eigenvalue weighted by molar-refractivity contribution is 0.303. The SMILES string of the molecule is C[C@H](COc1ccccc1)Nc1ncccc1C#N. The molecule has 0 amide bonds. The molecule has 0 saturated carbocycles. The maximum atomic E-state index is 8.98. The molecule has 19 heavy (non-hydrogen) atoms. The van der Waals surface area contributed by atoms with E-state index in [9.17, 15) is 0 Å². The first-order valence-corrected chi connectivity index (χ1v) is 6.09. The average molecular weight is 253 g/mol. The fourth-order valence-corrected chi connectivity index (χ4v) is 1.62. The Balaban J connectivity index is 1.91.